The van der Waals surface area contributed by atoms with Crippen molar-refractivity contribution in [2.24, 2.45) is 11.1 Å². The zero-order chi connectivity index (χ0) is 10.3. The van der Waals surface area contributed by atoms with E-state index in [1.807, 2.05) is 0 Å². The SMILES string of the molecule is C[C@@H]1[C@H](N)CCCN1C1CCC1(C)C. The third-order valence-electron chi connectivity index (χ3n) is 4.46. The van der Waals surface area contributed by atoms with Crippen LogP contribution in [-0.2, 0) is 0 Å². The topological polar surface area (TPSA) is 29.3 Å². The van der Waals surface area contributed by atoms with Crippen molar-refractivity contribution in [1.82, 2.24) is 4.90 Å². The van der Waals surface area contributed by atoms with Gasteiger partial charge in [-0.25, -0.2) is 0 Å². The monoisotopic (exact) mass is 196 g/mol. The molecule has 3 atom stereocenters. The highest BCUT2D eigenvalue weighted by molar-refractivity contribution is 4.99. The zero-order valence-corrected chi connectivity index (χ0v) is 9.79. The van der Waals surface area contributed by atoms with E-state index in [0.29, 0.717) is 17.5 Å². The molecular weight excluding hydrogens is 172 g/mol. The number of hydrogen-bond donors (Lipinski definition) is 1. The molecule has 1 aliphatic heterocycles. The van der Waals surface area contributed by atoms with Gasteiger partial charge in [0.1, 0.15) is 0 Å². The predicted octanol–water partition coefficient (Wildman–Crippen LogP) is 1.99. The van der Waals surface area contributed by atoms with Gasteiger partial charge in [-0.15, -0.1) is 0 Å². The lowest BCUT2D eigenvalue weighted by Gasteiger charge is -2.55. The molecule has 0 amide bonds. The Morgan fingerprint density at radius 2 is 2.00 bits per heavy atom. The molecule has 0 radical (unpaired) electrons. The Morgan fingerprint density at radius 3 is 2.50 bits per heavy atom. The van der Waals surface area contributed by atoms with Gasteiger partial charge >= 0.3 is 0 Å². The summed E-state index contributed by atoms with van der Waals surface area (Å²) in [5, 5.41) is 0. The highest BCUT2D eigenvalue weighted by atomic mass is 15.2. The van der Waals surface area contributed by atoms with E-state index in [2.05, 4.69) is 25.7 Å². The van der Waals surface area contributed by atoms with Crippen LogP contribution < -0.4 is 5.73 Å². The van der Waals surface area contributed by atoms with Gasteiger partial charge in [-0.2, -0.15) is 0 Å². The summed E-state index contributed by atoms with van der Waals surface area (Å²) in [6.45, 7) is 8.36. The van der Waals surface area contributed by atoms with E-state index in [1.165, 1.54) is 32.2 Å². The van der Waals surface area contributed by atoms with Gasteiger partial charge in [-0.05, 0) is 44.6 Å². The minimum atomic E-state index is 0.403. The van der Waals surface area contributed by atoms with Gasteiger partial charge in [0.15, 0.2) is 0 Å². The molecule has 0 aromatic rings. The Bertz CT molecular complexity index is 212. The van der Waals surface area contributed by atoms with Gasteiger partial charge in [0.05, 0.1) is 0 Å². The summed E-state index contributed by atoms with van der Waals surface area (Å²) in [4.78, 5) is 2.66. The minimum Gasteiger partial charge on any atom is -0.326 e. The molecular formula is C12H24N2. The zero-order valence-electron chi connectivity index (χ0n) is 9.79. The van der Waals surface area contributed by atoms with Crippen LogP contribution in [0.25, 0.3) is 0 Å². The summed E-state index contributed by atoms with van der Waals surface area (Å²) in [5.41, 5.74) is 6.67. The van der Waals surface area contributed by atoms with Crippen LogP contribution >= 0.6 is 0 Å². The molecule has 0 aromatic heterocycles. The van der Waals surface area contributed by atoms with Gasteiger partial charge < -0.3 is 5.73 Å². The molecule has 1 heterocycles. The van der Waals surface area contributed by atoms with E-state index in [4.69, 9.17) is 5.73 Å². The normalized spacial score (nSPS) is 43.3. The molecule has 1 aliphatic carbocycles. The van der Waals surface area contributed by atoms with Crippen molar-refractivity contribution in [2.75, 3.05) is 6.54 Å². The van der Waals surface area contributed by atoms with Crippen LogP contribution in [0.1, 0.15) is 46.5 Å². The number of likely N-dealkylation sites (tertiary alicyclic amines) is 1. The molecule has 2 N–H and O–H groups in total. The Hall–Kier alpha value is -0.0800. The summed E-state index contributed by atoms with van der Waals surface area (Å²) < 4.78 is 0. The van der Waals surface area contributed by atoms with Gasteiger partial charge in [-0.1, -0.05) is 13.8 Å². The maximum Gasteiger partial charge on any atom is 0.0222 e. The average molecular weight is 196 g/mol. The molecule has 1 saturated carbocycles. The number of rotatable bonds is 1. The second-order valence-electron chi connectivity index (χ2n) is 5.83. The first-order chi connectivity index (χ1) is 6.52. The fourth-order valence-electron chi connectivity index (χ4n) is 3.11. The summed E-state index contributed by atoms with van der Waals surface area (Å²) >= 11 is 0. The molecule has 1 saturated heterocycles. The minimum absolute atomic E-state index is 0.403. The molecule has 1 unspecified atom stereocenters. The maximum atomic E-state index is 6.13. The van der Waals surface area contributed by atoms with Crippen LogP contribution in [0.3, 0.4) is 0 Å². The van der Waals surface area contributed by atoms with Crippen molar-refractivity contribution in [3.8, 4) is 0 Å². The van der Waals surface area contributed by atoms with Crippen LogP contribution in [0.5, 0.6) is 0 Å². The van der Waals surface area contributed by atoms with Crippen molar-refractivity contribution in [2.45, 2.75) is 64.6 Å². The largest absolute Gasteiger partial charge is 0.326 e. The summed E-state index contributed by atoms with van der Waals surface area (Å²) in [7, 11) is 0. The average Bonchev–Trinajstić information content (AvgIpc) is 2.11. The second kappa shape index (κ2) is 3.49. The second-order valence-corrected chi connectivity index (χ2v) is 5.83. The maximum absolute atomic E-state index is 6.13. The van der Waals surface area contributed by atoms with Gasteiger partial charge in [0.2, 0.25) is 0 Å². The molecule has 0 spiro atoms. The van der Waals surface area contributed by atoms with Crippen LogP contribution in [0.15, 0.2) is 0 Å². The molecule has 0 bridgehead atoms. The van der Waals surface area contributed by atoms with Crippen LogP contribution in [0, 0.1) is 5.41 Å². The summed E-state index contributed by atoms with van der Waals surface area (Å²) in [5.74, 6) is 0. The van der Waals surface area contributed by atoms with Crippen LogP contribution in [0.4, 0.5) is 0 Å². The van der Waals surface area contributed by atoms with E-state index in [0.717, 1.165) is 6.04 Å². The van der Waals surface area contributed by atoms with E-state index in [9.17, 15) is 0 Å². The summed E-state index contributed by atoms with van der Waals surface area (Å²) in [6, 6.07) is 1.79. The molecule has 2 heteroatoms. The highest BCUT2D eigenvalue weighted by Gasteiger charge is 2.44. The standard InChI is InChI=1S/C12H24N2/c1-9-10(13)5-4-8-14(9)11-6-7-12(11,2)3/h9-11H,4-8,13H2,1-3H3/t9-,10-,11?/m1/s1. The smallest absolute Gasteiger partial charge is 0.0222 e. The number of hydrogen-bond acceptors (Lipinski definition) is 2. The van der Waals surface area contributed by atoms with Gasteiger partial charge in [-0.3, -0.25) is 4.90 Å². The molecule has 2 rings (SSSR count). The first kappa shape index (κ1) is 10.4. The number of nitrogens with two attached hydrogens (primary N) is 1. The first-order valence-electron chi connectivity index (χ1n) is 6.04. The molecule has 2 aliphatic rings. The highest BCUT2D eigenvalue weighted by Crippen LogP contribution is 2.45. The van der Waals surface area contributed by atoms with Crippen molar-refractivity contribution < 1.29 is 0 Å². The Balaban J connectivity index is 2.03. The van der Waals surface area contributed by atoms with E-state index in [1.54, 1.807) is 0 Å². The van der Waals surface area contributed by atoms with Crippen molar-refractivity contribution in [3.05, 3.63) is 0 Å². The fraction of sp³-hybridized carbons (Fsp3) is 1.00. The van der Waals surface area contributed by atoms with Crippen molar-refractivity contribution in [1.29, 1.82) is 0 Å². The Morgan fingerprint density at radius 1 is 1.29 bits per heavy atom. The number of nitrogens with zero attached hydrogens (tertiary/aromatic N) is 1. The lowest BCUT2D eigenvalue weighted by Crippen LogP contribution is -2.61. The van der Waals surface area contributed by atoms with Gasteiger partial charge in [0, 0.05) is 18.1 Å². The van der Waals surface area contributed by atoms with Crippen molar-refractivity contribution in [3.63, 3.8) is 0 Å². The lowest BCUT2D eigenvalue weighted by molar-refractivity contribution is -0.0401. The fourth-order valence-corrected chi connectivity index (χ4v) is 3.11. The Kier molecular flexibility index (Phi) is 2.61. The molecule has 82 valence electrons. The number of piperidine rings is 1. The van der Waals surface area contributed by atoms with Crippen molar-refractivity contribution >= 4 is 0 Å². The predicted molar refractivity (Wildman–Crippen MR) is 60.2 cm³/mol. The lowest BCUT2D eigenvalue weighted by atomic mass is 9.65. The molecule has 0 aromatic carbocycles. The Labute approximate surface area is 87.8 Å². The molecule has 14 heavy (non-hydrogen) atoms. The third kappa shape index (κ3) is 1.59. The van der Waals surface area contributed by atoms with Crippen LogP contribution in [0.2, 0.25) is 0 Å². The molecule has 2 fully saturated rings. The van der Waals surface area contributed by atoms with Crippen LogP contribution in [-0.4, -0.2) is 29.6 Å². The molecule has 2 nitrogen and oxygen atoms in total. The van der Waals surface area contributed by atoms with Gasteiger partial charge in [0.25, 0.3) is 0 Å². The summed E-state index contributed by atoms with van der Waals surface area (Å²) in [6.07, 6.45) is 5.27. The van der Waals surface area contributed by atoms with E-state index < -0.39 is 0 Å². The first-order valence-corrected chi connectivity index (χ1v) is 6.04. The van der Waals surface area contributed by atoms with E-state index >= 15 is 0 Å². The quantitative estimate of drug-likeness (QED) is 0.695. The third-order valence-corrected chi connectivity index (χ3v) is 4.46. The van der Waals surface area contributed by atoms with E-state index in [-0.39, 0.29) is 0 Å².